The molecule has 0 bridgehead atoms. The van der Waals surface area contributed by atoms with Crippen LogP contribution in [0.3, 0.4) is 0 Å². The summed E-state index contributed by atoms with van der Waals surface area (Å²) in [6, 6.07) is 47.8. The number of hydrogen-bond donors (Lipinski definition) is 0. The molecule has 41 heavy (non-hydrogen) atoms. The molecule has 0 atom stereocenters. The van der Waals surface area contributed by atoms with E-state index in [1.54, 1.807) is 0 Å². The summed E-state index contributed by atoms with van der Waals surface area (Å²) in [7, 11) is 0. The van der Waals surface area contributed by atoms with Gasteiger partial charge in [0, 0.05) is 33.8 Å². The van der Waals surface area contributed by atoms with Gasteiger partial charge >= 0.3 is 0 Å². The summed E-state index contributed by atoms with van der Waals surface area (Å²) in [4.78, 5) is 7.02. The first kappa shape index (κ1) is 23.7. The number of anilines is 3. The summed E-state index contributed by atoms with van der Waals surface area (Å²) in [5.74, 6) is 0.888. The second kappa shape index (κ2) is 8.94. The zero-order valence-corrected chi connectivity index (χ0v) is 23.1. The van der Waals surface area contributed by atoms with Gasteiger partial charge in [-0.2, -0.15) is 0 Å². The maximum Gasteiger partial charge on any atom is 0.137 e. The number of rotatable bonds is 4. The Hall–Kier alpha value is -5.15. The van der Waals surface area contributed by atoms with Crippen molar-refractivity contribution in [2.24, 2.45) is 0 Å². The van der Waals surface area contributed by atoms with Crippen LogP contribution in [0.2, 0.25) is 0 Å². The third-order valence-corrected chi connectivity index (χ3v) is 8.63. The maximum atomic E-state index is 4.77. The molecule has 8 rings (SSSR count). The molecular formula is C38H29N3. The van der Waals surface area contributed by atoms with Crippen LogP contribution < -0.4 is 4.90 Å². The number of pyridine rings is 1. The summed E-state index contributed by atoms with van der Waals surface area (Å²) >= 11 is 0. The van der Waals surface area contributed by atoms with E-state index in [1.807, 2.05) is 18.3 Å². The van der Waals surface area contributed by atoms with Crippen LogP contribution in [0.1, 0.15) is 25.0 Å². The van der Waals surface area contributed by atoms with Gasteiger partial charge in [-0.15, -0.1) is 0 Å². The minimum Gasteiger partial charge on any atom is -0.309 e. The summed E-state index contributed by atoms with van der Waals surface area (Å²) < 4.78 is 2.46. The van der Waals surface area contributed by atoms with Gasteiger partial charge in [0.25, 0.3) is 0 Å². The molecule has 0 saturated carbocycles. The molecule has 0 saturated heterocycles. The monoisotopic (exact) mass is 527 g/mol. The molecule has 7 aromatic rings. The van der Waals surface area contributed by atoms with E-state index in [0.717, 1.165) is 17.2 Å². The molecule has 0 fully saturated rings. The Morgan fingerprint density at radius 2 is 1.29 bits per heavy atom. The summed E-state index contributed by atoms with van der Waals surface area (Å²) in [5, 5.41) is 2.52. The Bertz CT molecular complexity index is 2050. The largest absolute Gasteiger partial charge is 0.309 e. The molecular weight excluding hydrogens is 498 g/mol. The molecule has 0 aliphatic carbocycles. The van der Waals surface area contributed by atoms with Crippen LogP contribution in [0.25, 0.3) is 38.6 Å². The van der Waals surface area contributed by atoms with Gasteiger partial charge in [0.15, 0.2) is 0 Å². The second-order valence-corrected chi connectivity index (χ2v) is 11.3. The van der Waals surface area contributed by atoms with Gasteiger partial charge in [0.2, 0.25) is 0 Å². The minimum absolute atomic E-state index is 0.0796. The highest BCUT2D eigenvalue weighted by Gasteiger charge is 2.34. The van der Waals surface area contributed by atoms with Gasteiger partial charge in [-0.05, 0) is 70.8 Å². The molecule has 5 aromatic carbocycles. The van der Waals surface area contributed by atoms with Crippen LogP contribution in [0.4, 0.5) is 17.2 Å². The SMILES string of the molecule is CC1(C)c2ccccc2-n2c3ccc(N(c4ccc(-c5ccccc5)cc4)c4ccccn4)cc3c3cccc1c32. The standard InChI is InChI=1S/C38H29N3/c1-38(2)32-14-6-7-16-35(32)41-34-23-22-29(25-31(34)30-13-10-15-33(38)37(30)41)40(36-17-8-9-24-39-36)28-20-18-27(19-21-28)26-11-4-3-5-12-26/h3-25H,1-2H3. The Balaban J connectivity index is 1.34. The third-order valence-electron chi connectivity index (χ3n) is 8.63. The van der Waals surface area contributed by atoms with E-state index in [0.29, 0.717) is 0 Å². The van der Waals surface area contributed by atoms with E-state index in [-0.39, 0.29) is 5.41 Å². The van der Waals surface area contributed by atoms with Crippen LogP contribution in [0.5, 0.6) is 0 Å². The lowest BCUT2D eigenvalue weighted by atomic mass is 9.75. The first-order valence-electron chi connectivity index (χ1n) is 14.2. The number of para-hydroxylation sites is 2. The van der Waals surface area contributed by atoms with Crippen LogP contribution in [0, 0.1) is 0 Å². The fraction of sp³-hybridized carbons (Fsp3) is 0.0789. The van der Waals surface area contributed by atoms with Crippen molar-refractivity contribution in [3.05, 3.63) is 151 Å². The average molecular weight is 528 g/mol. The van der Waals surface area contributed by atoms with Crippen LogP contribution in [-0.2, 0) is 5.41 Å². The third kappa shape index (κ3) is 3.56. The van der Waals surface area contributed by atoms with Crippen molar-refractivity contribution in [2.75, 3.05) is 4.90 Å². The molecule has 3 heteroatoms. The molecule has 1 aliphatic rings. The van der Waals surface area contributed by atoms with Gasteiger partial charge in [-0.1, -0.05) is 98.8 Å². The summed E-state index contributed by atoms with van der Waals surface area (Å²) in [6.07, 6.45) is 1.86. The predicted molar refractivity (Wildman–Crippen MR) is 171 cm³/mol. The van der Waals surface area contributed by atoms with Gasteiger partial charge in [-0.3, -0.25) is 4.90 Å². The smallest absolute Gasteiger partial charge is 0.137 e. The molecule has 0 spiro atoms. The average Bonchev–Trinajstić information content (AvgIpc) is 3.36. The molecule has 196 valence electrons. The van der Waals surface area contributed by atoms with Gasteiger partial charge in [-0.25, -0.2) is 4.98 Å². The van der Waals surface area contributed by atoms with Crippen molar-refractivity contribution in [1.29, 1.82) is 0 Å². The fourth-order valence-electron chi connectivity index (χ4n) is 6.63. The van der Waals surface area contributed by atoms with E-state index in [4.69, 9.17) is 4.98 Å². The maximum absolute atomic E-state index is 4.77. The molecule has 0 amide bonds. The number of aromatic nitrogens is 2. The van der Waals surface area contributed by atoms with E-state index in [2.05, 4.69) is 145 Å². The van der Waals surface area contributed by atoms with Crippen molar-refractivity contribution in [3.63, 3.8) is 0 Å². The quantitative estimate of drug-likeness (QED) is 0.227. The van der Waals surface area contributed by atoms with Crippen LogP contribution >= 0.6 is 0 Å². The Labute approximate surface area is 240 Å². The first-order valence-corrected chi connectivity index (χ1v) is 14.2. The highest BCUT2D eigenvalue weighted by molar-refractivity contribution is 6.12. The number of fused-ring (bicyclic) bond motifs is 5. The number of hydrogen-bond acceptors (Lipinski definition) is 2. The molecule has 0 radical (unpaired) electrons. The topological polar surface area (TPSA) is 21.1 Å². The first-order chi connectivity index (χ1) is 20.1. The van der Waals surface area contributed by atoms with Gasteiger partial charge < -0.3 is 4.57 Å². The predicted octanol–water partition coefficient (Wildman–Crippen LogP) is 9.95. The Morgan fingerprint density at radius 1 is 0.585 bits per heavy atom. The molecule has 2 aromatic heterocycles. The van der Waals surface area contributed by atoms with E-state index in [1.165, 1.54) is 49.7 Å². The van der Waals surface area contributed by atoms with E-state index < -0.39 is 0 Å². The van der Waals surface area contributed by atoms with Crippen molar-refractivity contribution >= 4 is 39.0 Å². The van der Waals surface area contributed by atoms with Gasteiger partial charge in [0.1, 0.15) is 5.82 Å². The Morgan fingerprint density at radius 3 is 2.10 bits per heavy atom. The zero-order valence-electron chi connectivity index (χ0n) is 23.1. The molecule has 0 N–H and O–H groups in total. The lowest BCUT2D eigenvalue weighted by Gasteiger charge is -2.34. The van der Waals surface area contributed by atoms with Crippen molar-refractivity contribution in [1.82, 2.24) is 9.55 Å². The molecule has 3 nitrogen and oxygen atoms in total. The highest BCUT2D eigenvalue weighted by Crippen LogP contribution is 2.48. The molecule has 3 heterocycles. The van der Waals surface area contributed by atoms with Crippen molar-refractivity contribution in [3.8, 4) is 16.8 Å². The highest BCUT2D eigenvalue weighted by atomic mass is 15.2. The lowest BCUT2D eigenvalue weighted by Crippen LogP contribution is -2.26. The minimum atomic E-state index is -0.0796. The normalized spacial score (nSPS) is 13.3. The molecule has 0 unspecified atom stereocenters. The van der Waals surface area contributed by atoms with Crippen molar-refractivity contribution in [2.45, 2.75) is 19.3 Å². The zero-order chi connectivity index (χ0) is 27.6. The Kier molecular flexibility index (Phi) is 5.17. The van der Waals surface area contributed by atoms with Gasteiger partial charge in [0.05, 0.1) is 16.7 Å². The number of benzene rings is 5. The molecule has 1 aliphatic heterocycles. The second-order valence-electron chi connectivity index (χ2n) is 11.3. The van der Waals surface area contributed by atoms with Crippen molar-refractivity contribution < 1.29 is 0 Å². The summed E-state index contributed by atoms with van der Waals surface area (Å²) in [6.45, 7) is 4.68. The fourth-order valence-corrected chi connectivity index (χ4v) is 6.63. The summed E-state index contributed by atoms with van der Waals surface area (Å²) in [5.41, 5.74) is 11.0. The number of nitrogens with zero attached hydrogens (tertiary/aromatic N) is 3. The van der Waals surface area contributed by atoms with E-state index >= 15 is 0 Å². The lowest BCUT2D eigenvalue weighted by molar-refractivity contribution is 0.630. The van der Waals surface area contributed by atoms with E-state index in [9.17, 15) is 0 Å². The van der Waals surface area contributed by atoms with Crippen LogP contribution in [0.15, 0.2) is 140 Å². The van der Waals surface area contributed by atoms with Crippen LogP contribution in [-0.4, -0.2) is 9.55 Å².